The van der Waals surface area contributed by atoms with Gasteiger partial charge in [-0.1, -0.05) is 6.07 Å². The molecule has 5 nitrogen and oxygen atoms in total. The predicted octanol–water partition coefficient (Wildman–Crippen LogP) is 3.20. The molecule has 0 bridgehead atoms. The van der Waals surface area contributed by atoms with E-state index >= 15 is 0 Å². The van der Waals surface area contributed by atoms with Crippen LogP contribution < -0.4 is 15.0 Å². The molecule has 0 radical (unpaired) electrons. The Morgan fingerprint density at radius 3 is 2.64 bits per heavy atom. The Hall–Kier alpha value is -2.58. The van der Waals surface area contributed by atoms with Crippen LogP contribution in [0.25, 0.3) is 0 Å². The van der Waals surface area contributed by atoms with Gasteiger partial charge in [0.25, 0.3) is 5.91 Å². The van der Waals surface area contributed by atoms with Gasteiger partial charge in [-0.2, -0.15) is 0 Å². The molecule has 0 spiro atoms. The molecule has 2 aromatic carbocycles. The molecular weight excluding hydrogens is 373 g/mol. The number of nitrogens with zero attached hydrogens (tertiary/aromatic N) is 1. The zero-order chi connectivity index (χ0) is 20.3. The van der Waals surface area contributed by atoms with Crippen molar-refractivity contribution in [3.8, 4) is 5.75 Å². The maximum absolute atomic E-state index is 13.6. The van der Waals surface area contributed by atoms with Gasteiger partial charge in [0.2, 0.25) is 0 Å². The number of ether oxygens (including phenoxy) is 2. The molecule has 1 aliphatic rings. The monoisotopic (exact) mass is 394 g/mol. The van der Waals surface area contributed by atoms with Crippen molar-refractivity contribution in [3.63, 3.8) is 0 Å². The Kier molecular flexibility index (Phi) is 6.21. The van der Waals surface area contributed by atoms with E-state index in [1.54, 1.807) is 12.1 Å². The molecule has 3 rings (SSSR count). The molecule has 1 heterocycles. The van der Waals surface area contributed by atoms with Crippen molar-refractivity contribution in [1.82, 2.24) is 5.32 Å². The molecule has 0 aliphatic carbocycles. The van der Waals surface area contributed by atoms with Crippen molar-refractivity contribution in [2.45, 2.75) is 19.1 Å². The normalized spacial score (nSPS) is 18.2. The maximum atomic E-state index is 13.6. The average molecular weight is 394 g/mol. The summed E-state index contributed by atoms with van der Waals surface area (Å²) in [5, 5.41) is 3.27. The van der Waals surface area contributed by atoms with Crippen molar-refractivity contribution >= 4 is 11.6 Å². The maximum Gasteiger partial charge on any atom is 0.253 e. The van der Waals surface area contributed by atoms with Gasteiger partial charge in [-0.25, -0.2) is 13.2 Å². The van der Waals surface area contributed by atoms with Crippen LogP contribution in [0.1, 0.15) is 18.5 Å². The topological polar surface area (TPSA) is 50.8 Å². The predicted molar refractivity (Wildman–Crippen MR) is 97.8 cm³/mol. The molecule has 150 valence electrons. The number of carbonyl (C=O) groups excluding carboxylic acids is 1. The molecule has 1 fully saturated rings. The molecular formula is C20H21F3N2O3. The van der Waals surface area contributed by atoms with Crippen molar-refractivity contribution in [1.29, 1.82) is 0 Å². The van der Waals surface area contributed by atoms with E-state index in [4.69, 9.17) is 9.47 Å². The number of anilines is 1. The third-order valence-electron chi connectivity index (χ3n) is 4.67. The van der Waals surface area contributed by atoms with Gasteiger partial charge in [0, 0.05) is 24.3 Å². The minimum Gasteiger partial charge on any atom is -0.494 e. The van der Waals surface area contributed by atoms with Gasteiger partial charge >= 0.3 is 0 Å². The number of nitrogens with one attached hydrogen (secondary N) is 1. The van der Waals surface area contributed by atoms with Crippen LogP contribution in [0.4, 0.5) is 18.9 Å². The fourth-order valence-corrected chi connectivity index (χ4v) is 3.02. The second-order valence-corrected chi connectivity index (χ2v) is 6.56. The van der Waals surface area contributed by atoms with Crippen LogP contribution in [-0.2, 0) is 9.53 Å². The minimum atomic E-state index is -1.01. The van der Waals surface area contributed by atoms with Gasteiger partial charge in [-0.05, 0) is 36.8 Å². The number of benzene rings is 2. The molecule has 1 amide bonds. The van der Waals surface area contributed by atoms with E-state index in [0.717, 1.165) is 17.7 Å². The highest BCUT2D eigenvalue weighted by molar-refractivity contribution is 5.94. The highest BCUT2D eigenvalue weighted by Crippen LogP contribution is 2.24. The Bertz CT molecular complexity index is 863. The van der Waals surface area contributed by atoms with E-state index in [0.29, 0.717) is 6.54 Å². The van der Waals surface area contributed by atoms with Gasteiger partial charge in [0.05, 0.1) is 19.8 Å². The number of hydrogen-bond acceptors (Lipinski definition) is 4. The lowest BCUT2D eigenvalue weighted by Gasteiger charge is -2.33. The Labute approximate surface area is 161 Å². The first-order valence-corrected chi connectivity index (χ1v) is 8.83. The molecule has 8 heteroatoms. The van der Waals surface area contributed by atoms with E-state index in [-0.39, 0.29) is 42.6 Å². The summed E-state index contributed by atoms with van der Waals surface area (Å²) in [6.07, 6.45) is -0.337. The van der Waals surface area contributed by atoms with Crippen molar-refractivity contribution in [2.75, 3.05) is 31.7 Å². The lowest BCUT2D eigenvalue weighted by molar-refractivity contribution is -0.129. The number of morpholine rings is 1. The minimum absolute atomic E-state index is 0.118. The number of carbonyl (C=O) groups is 1. The van der Waals surface area contributed by atoms with Crippen LogP contribution >= 0.6 is 0 Å². The van der Waals surface area contributed by atoms with Crippen molar-refractivity contribution in [2.24, 2.45) is 0 Å². The number of methoxy groups -OCH3 is 1. The summed E-state index contributed by atoms with van der Waals surface area (Å²) in [5.41, 5.74) is 1.12. The molecule has 1 unspecified atom stereocenters. The summed E-state index contributed by atoms with van der Waals surface area (Å²) in [6, 6.07) is 7.85. The second-order valence-electron chi connectivity index (χ2n) is 6.56. The third kappa shape index (κ3) is 4.45. The first-order valence-electron chi connectivity index (χ1n) is 8.83. The average Bonchev–Trinajstić information content (AvgIpc) is 2.69. The molecule has 1 saturated heterocycles. The number of rotatable bonds is 6. The highest BCUT2D eigenvalue weighted by atomic mass is 19.2. The van der Waals surface area contributed by atoms with Gasteiger partial charge in [-0.15, -0.1) is 0 Å². The van der Waals surface area contributed by atoms with E-state index in [2.05, 4.69) is 5.32 Å². The van der Waals surface area contributed by atoms with Crippen LogP contribution in [0.5, 0.6) is 5.75 Å². The van der Waals surface area contributed by atoms with E-state index in [1.807, 2.05) is 6.92 Å². The molecule has 2 aromatic rings. The lowest BCUT2D eigenvalue weighted by Crippen LogP contribution is -2.50. The summed E-state index contributed by atoms with van der Waals surface area (Å²) < 4.78 is 50.7. The zero-order valence-electron chi connectivity index (χ0n) is 15.5. The number of amides is 1. The molecule has 0 aromatic heterocycles. The molecule has 2 atom stereocenters. The van der Waals surface area contributed by atoms with Gasteiger partial charge in [0.15, 0.2) is 23.2 Å². The molecule has 1 aliphatic heterocycles. The number of hydrogen-bond donors (Lipinski definition) is 1. The first kappa shape index (κ1) is 20.2. The van der Waals surface area contributed by atoms with Gasteiger partial charge in [0.1, 0.15) is 6.61 Å². The summed E-state index contributed by atoms with van der Waals surface area (Å²) in [4.78, 5) is 13.5. The fraction of sp³-hybridized carbons (Fsp3) is 0.350. The third-order valence-corrected chi connectivity index (χ3v) is 4.67. The second kappa shape index (κ2) is 8.62. The summed E-state index contributed by atoms with van der Waals surface area (Å²) in [5.74, 6) is -2.57. The smallest absolute Gasteiger partial charge is 0.253 e. The fourth-order valence-electron chi connectivity index (χ4n) is 3.02. The zero-order valence-corrected chi connectivity index (χ0v) is 15.5. The van der Waals surface area contributed by atoms with Crippen LogP contribution in [0.15, 0.2) is 36.4 Å². The van der Waals surface area contributed by atoms with E-state index < -0.39 is 17.5 Å². The quantitative estimate of drug-likeness (QED) is 0.818. The SMILES string of the molecule is COc1cc([C@@H](C)NCC2CN(c3ccc(F)c(F)c3)C(=O)CO2)ccc1F. The Morgan fingerprint density at radius 2 is 1.93 bits per heavy atom. The van der Waals surface area contributed by atoms with Crippen LogP contribution in [-0.4, -0.2) is 38.8 Å². The van der Waals surface area contributed by atoms with Crippen molar-refractivity contribution < 1.29 is 27.4 Å². The van der Waals surface area contributed by atoms with Gasteiger partial charge < -0.3 is 19.7 Å². The standard InChI is InChI=1S/C20H21F3N2O3/c1-12(13-3-5-17(22)19(7-13)27-2)24-9-15-10-25(20(26)11-28-15)14-4-6-16(21)18(23)8-14/h3-8,12,15,24H,9-11H2,1-2H3/t12-,15?/m1/s1. The Balaban J connectivity index is 1.63. The van der Waals surface area contributed by atoms with Crippen LogP contribution in [0, 0.1) is 17.5 Å². The largest absolute Gasteiger partial charge is 0.494 e. The van der Waals surface area contributed by atoms with Crippen LogP contribution in [0.3, 0.4) is 0 Å². The van der Waals surface area contributed by atoms with E-state index in [1.165, 1.54) is 24.1 Å². The molecule has 1 N–H and O–H groups in total. The van der Waals surface area contributed by atoms with Crippen LogP contribution in [0.2, 0.25) is 0 Å². The molecule has 0 saturated carbocycles. The number of halogens is 3. The summed E-state index contributed by atoms with van der Waals surface area (Å²) >= 11 is 0. The van der Waals surface area contributed by atoms with Gasteiger partial charge in [-0.3, -0.25) is 4.79 Å². The summed E-state index contributed by atoms with van der Waals surface area (Å²) in [7, 11) is 1.40. The highest BCUT2D eigenvalue weighted by Gasteiger charge is 2.28. The lowest BCUT2D eigenvalue weighted by atomic mass is 10.1. The van der Waals surface area contributed by atoms with E-state index in [9.17, 15) is 18.0 Å². The summed E-state index contributed by atoms with van der Waals surface area (Å²) in [6.45, 7) is 2.38. The van der Waals surface area contributed by atoms with Crippen molar-refractivity contribution in [3.05, 3.63) is 59.4 Å². The molecule has 28 heavy (non-hydrogen) atoms. The Morgan fingerprint density at radius 1 is 1.18 bits per heavy atom. The first-order chi connectivity index (χ1) is 13.4.